The van der Waals surface area contributed by atoms with Crippen molar-refractivity contribution in [2.75, 3.05) is 30.7 Å². The number of hydrogen-bond donors (Lipinski definition) is 2. The molecule has 6 heteroatoms. The lowest BCUT2D eigenvalue weighted by atomic mass is 10.1. The molecule has 0 atom stereocenters. The van der Waals surface area contributed by atoms with E-state index in [0.29, 0.717) is 12.6 Å². The van der Waals surface area contributed by atoms with Crippen LogP contribution < -0.4 is 11.1 Å². The molecule has 0 aliphatic heterocycles. The Hall–Kier alpha value is -1.43. The predicted octanol–water partition coefficient (Wildman–Crippen LogP) is 3.18. The smallest absolute Gasteiger partial charge is 0.399 e. The van der Waals surface area contributed by atoms with Crippen molar-refractivity contribution in [1.29, 1.82) is 0 Å². The van der Waals surface area contributed by atoms with Gasteiger partial charge in [0.25, 0.3) is 0 Å². The first kappa shape index (κ1) is 15.0. The third-order valence-corrected chi connectivity index (χ3v) is 3.53. The van der Waals surface area contributed by atoms with Crippen LogP contribution in [0.1, 0.15) is 25.3 Å². The number of nitrogen functional groups attached to an aromatic ring is 1. The molecule has 1 aromatic carbocycles. The maximum absolute atomic E-state index is 12.9. The van der Waals surface area contributed by atoms with Gasteiger partial charge in [0.2, 0.25) is 0 Å². The number of likely N-dealkylation sites (N-methyl/N-ethyl adjacent to an activating group) is 1. The van der Waals surface area contributed by atoms with Crippen molar-refractivity contribution in [3.05, 3.63) is 23.8 Å². The van der Waals surface area contributed by atoms with Gasteiger partial charge in [-0.05, 0) is 37.6 Å². The Morgan fingerprint density at radius 2 is 2.05 bits per heavy atom. The quantitative estimate of drug-likeness (QED) is 0.790. The van der Waals surface area contributed by atoms with Gasteiger partial charge >= 0.3 is 6.18 Å². The summed E-state index contributed by atoms with van der Waals surface area (Å²) in [4.78, 5) is 2.29. The van der Waals surface area contributed by atoms with Gasteiger partial charge in [-0.2, -0.15) is 13.2 Å². The first-order valence-electron chi connectivity index (χ1n) is 6.86. The lowest BCUT2D eigenvalue weighted by Crippen LogP contribution is -2.31. The van der Waals surface area contributed by atoms with E-state index >= 15 is 0 Å². The summed E-state index contributed by atoms with van der Waals surface area (Å²) in [6.07, 6.45) is -1.99. The van der Waals surface area contributed by atoms with Crippen molar-refractivity contribution in [2.24, 2.45) is 0 Å². The van der Waals surface area contributed by atoms with Crippen molar-refractivity contribution in [3.63, 3.8) is 0 Å². The van der Waals surface area contributed by atoms with Crippen LogP contribution in [0.15, 0.2) is 18.2 Å². The molecule has 0 aromatic heterocycles. The van der Waals surface area contributed by atoms with Crippen LogP contribution in [0.5, 0.6) is 0 Å². The van der Waals surface area contributed by atoms with Gasteiger partial charge in [0.1, 0.15) is 0 Å². The highest BCUT2D eigenvalue weighted by Crippen LogP contribution is 2.36. The number of hydrogen-bond acceptors (Lipinski definition) is 3. The zero-order chi connectivity index (χ0) is 14.8. The molecule has 112 valence electrons. The molecule has 1 fully saturated rings. The van der Waals surface area contributed by atoms with E-state index in [4.69, 9.17) is 5.73 Å². The lowest BCUT2D eigenvalue weighted by Gasteiger charge is -2.21. The highest BCUT2D eigenvalue weighted by atomic mass is 19.4. The standard InChI is InChI=1S/C14H20F3N3/c1-2-20(11-4-5-11)8-7-19-13-6-3-10(18)9-12(13)14(15,16)17/h3,6,9,11,19H,2,4-5,7-8,18H2,1H3. The Balaban J connectivity index is 1.98. The average molecular weight is 287 g/mol. The van der Waals surface area contributed by atoms with Crippen molar-refractivity contribution < 1.29 is 13.2 Å². The minimum atomic E-state index is -4.39. The van der Waals surface area contributed by atoms with Crippen LogP contribution in [0.3, 0.4) is 0 Å². The molecule has 20 heavy (non-hydrogen) atoms. The molecule has 0 amide bonds. The Morgan fingerprint density at radius 3 is 2.60 bits per heavy atom. The number of nitrogens with zero attached hydrogens (tertiary/aromatic N) is 1. The lowest BCUT2D eigenvalue weighted by molar-refractivity contribution is -0.136. The maximum atomic E-state index is 12.9. The van der Waals surface area contributed by atoms with E-state index in [0.717, 1.165) is 19.2 Å². The molecule has 1 aliphatic carbocycles. The summed E-state index contributed by atoms with van der Waals surface area (Å²) < 4.78 is 38.7. The molecule has 0 unspecified atom stereocenters. The summed E-state index contributed by atoms with van der Waals surface area (Å²) in [6, 6.07) is 4.47. The maximum Gasteiger partial charge on any atom is 0.418 e. The first-order valence-corrected chi connectivity index (χ1v) is 6.86. The van der Waals surface area contributed by atoms with Crippen LogP contribution in [0.25, 0.3) is 0 Å². The molecular weight excluding hydrogens is 267 g/mol. The normalized spacial score (nSPS) is 15.7. The second-order valence-electron chi connectivity index (χ2n) is 5.09. The molecule has 0 spiro atoms. The Bertz CT molecular complexity index is 455. The van der Waals surface area contributed by atoms with Crippen LogP contribution in [-0.2, 0) is 6.18 Å². The summed E-state index contributed by atoms with van der Waals surface area (Å²) in [5.41, 5.74) is 4.95. The summed E-state index contributed by atoms with van der Waals surface area (Å²) in [6.45, 7) is 4.25. The molecule has 0 saturated heterocycles. The zero-order valence-electron chi connectivity index (χ0n) is 11.5. The van der Waals surface area contributed by atoms with Gasteiger partial charge in [-0.25, -0.2) is 0 Å². The minimum Gasteiger partial charge on any atom is -0.399 e. The van der Waals surface area contributed by atoms with Gasteiger partial charge in [0.05, 0.1) is 5.56 Å². The van der Waals surface area contributed by atoms with E-state index in [1.54, 1.807) is 0 Å². The fraction of sp³-hybridized carbons (Fsp3) is 0.571. The van der Waals surface area contributed by atoms with Gasteiger partial charge < -0.3 is 11.1 Å². The summed E-state index contributed by atoms with van der Waals surface area (Å²) >= 11 is 0. The summed E-state index contributed by atoms with van der Waals surface area (Å²) in [7, 11) is 0. The number of anilines is 2. The molecule has 1 aliphatic rings. The van der Waals surface area contributed by atoms with Gasteiger partial charge in [-0.3, -0.25) is 4.90 Å². The van der Waals surface area contributed by atoms with E-state index in [-0.39, 0.29) is 11.4 Å². The molecule has 1 aromatic rings. The fourth-order valence-electron chi connectivity index (χ4n) is 2.32. The molecule has 2 rings (SSSR count). The number of benzene rings is 1. The minimum absolute atomic E-state index is 0.0959. The second kappa shape index (κ2) is 5.91. The number of rotatable bonds is 6. The molecule has 0 radical (unpaired) electrons. The molecule has 0 bridgehead atoms. The number of nitrogens with one attached hydrogen (secondary N) is 1. The van der Waals surface area contributed by atoms with Gasteiger partial charge in [-0.15, -0.1) is 0 Å². The van der Waals surface area contributed by atoms with Crippen molar-refractivity contribution in [3.8, 4) is 0 Å². The molecule has 3 N–H and O–H groups in total. The summed E-state index contributed by atoms with van der Waals surface area (Å²) in [5, 5.41) is 2.88. The van der Waals surface area contributed by atoms with Crippen molar-refractivity contribution >= 4 is 11.4 Å². The highest BCUT2D eigenvalue weighted by Gasteiger charge is 2.33. The highest BCUT2D eigenvalue weighted by molar-refractivity contribution is 5.59. The van der Waals surface area contributed by atoms with E-state index in [1.165, 1.54) is 25.0 Å². The second-order valence-corrected chi connectivity index (χ2v) is 5.09. The predicted molar refractivity (Wildman–Crippen MR) is 74.6 cm³/mol. The molecular formula is C14H20F3N3. The van der Waals surface area contributed by atoms with E-state index in [9.17, 15) is 13.2 Å². The first-order chi connectivity index (χ1) is 9.41. The van der Waals surface area contributed by atoms with Gasteiger partial charge in [0.15, 0.2) is 0 Å². The Kier molecular flexibility index (Phi) is 4.42. The van der Waals surface area contributed by atoms with Gasteiger partial charge in [0, 0.05) is 30.5 Å². The monoisotopic (exact) mass is 287 g/mol. The van der Waals surface area contributed by atoms with Crippen molar-refractivity contribution in [1.82, 2.24) is 4.90 Å². The van der Waals surface area contributed by atoms with E-state index in [2.05, 4.69) is 17.1 Å². The van der Waals surface area contributed by atoms with Crippen LogP contribution in [0, 0.1) is 0 Å². The van der Waals surface area contributed by atoms with E-state index < -0.39 is 11.7 Å². The van der Waals surface area contributed by atoms with Crippen LogP contribution >= 0.6 is 0 Å². The van der Waals surface area contributed by atoms with Crippen molar-refractivity contribution in [2.45, 2.75) is 32.0 Å². The topological polar surface area (TPSA) is 41.3 Å². The van der Waals surface area contributed by atoms with Crippen LogP contribution in [-0.4, -0.2) is 30.6 Å². The zero-order valence-corrected chi connectivity index (χ0v) is 11.5. The van der Waals surface area contributed by atoms with Gasteiger partial charge in [-0.1, -0.05) is 6.92 Å². The van der Waals surface area contributed by atoms with Crippen LogP contribution in [0.4, 0.5) is 24.5 Å². The van der Waals surface area contributed by atoms with E-state index in [1.807, 2.05) is 0 Å². The fourth-order valence-corrected chi connectivity index (χ4v) is 2.32. The third kappa shape index (κ3) is 3.79. The number of halogens is 3. The number of nitrogens with two attached hydrogens (primary N) is 1. The SMILES string of the molecule is CCN(CCNc1ccc(N)cc1C(F)(F)F)C1CC1. The average Bonchev–Trinajstić information content (AvgIpc) is 3.19. The Labute approximate surface area is 116 Å². The number of alkyl halides is 3. The van der Waals surface area contributed by atoms with Crippen LogP contribution in [0.2, 0.25) is 0 Å². The largest absolute Gasteiger partial charge is 0.418 e. The third-order valence-electron chi connectivity index (χ3n) is 3.53. The molecule has 1 saturated carbocycles. The Morgan fingerprint density at radius 1 is 1.35 bits per heavy atom. The molecule has 3 nitrogen and oxygen atoms in total. The summed E-state index contributed by atoms with van der Waals surface area (Å²) in [5.74, 6) is 0. The molecule has 0 heterocycles.